The molecule has 1 aromatic heterocycles. The molecule has 2 aliphatic heterocycles. The molecule has 2 fully saturated rings. The topological polar surface area (TPSA) is 62.0 Å². The van der Waals surface area contributed by atoms with Gasteiger partial charge in [-0.25, -0.2) is 4.98 Å². The number of rotatable bonds is 4. The molecule has 138 valence electrons. The minimum Gasteiger partial charge on any atom is -0.489 e. The largest absolute Gasteiger partial charge is 0.489 e. The SMILES string of the molecule is CN1C2CC(Oc3ccc(C=S)cc3)C1CC(C#N)(c1cncc(Cl)n1)C2. The lowest BCUT2D eigenvalue weighted by atomic mass is 9.74. The van der Waals surface area contributed by atoms with Crippen molar-refractivity contribution < 1.29 is 4.74 Å². The predicted octanol–water partition coefficient (Wildman–Crippen LogP) is 3.55. The van der Waals surface area contributed by atoms with E-state index in [1.165, 1.54) is 6.20 Å². The summed E-state index contributed by atoms with van der Waals surface area (Å²) in [6.07, 6.45) is 5.42. The number of hydrogen-bond acceptors (Lipinski definition) is 6. The molecule has 4 atom stereocenters. The zero-order valence-corrected chi connectivity index (χ0v) is 16.5. The Balaban J connectivity index is 1.59. The van der Waals surface area contributed by atoms with Gasteiger partial charge < -0.3 is 4.74 Å². The summed E-state index contributed by atoms with van der Waals surface area (Å²) in [6, 6.07) is 10.7. The third-order valence-corrected chi connectivity index (χ3v) is 6.24. The molecule has 0 aliphatic carbocycles. The summed E-state index contributed by atoms with van der Waals surface area (Å²) in [5.74, 6) is 0.826. The molecule has 2 bridgehead atoms. The Morgan fingerprint density at radius 1 is 1.33 bits per heavy atom. The second-order valence-corrected chi connectivity index (χ2v) is 7.92. The van der Waals surface area contributed by atoms with Crippen LogP contribution in [0.2, 0.25) is 5.15 Å². The molecule has 1 aromatic carbocycles. The molecule has 0 spiro atoms. The van der Waals surface area contributed by atoms with Gasteiger partial charge in [0.15, 0.2) is 0 Å². The van der Waals surface area contributed by atoms with Gasteiger partial charge in [-0.1, -0.05) is 36.0 Å². The second kappa shape index (κ2) is 7.16. The smallest absolute Gasteiger partial charge is 0.147 e. The first-order chi connectivity index (χ1) is 13.0. The van der Waals surface area contributed by atoms with Crippen LogP contribution in [-0.4, -0.2) is 45.5 Å². The summed E-state index contributed by atoms with van der Waals surface area (Å²) in [6.45, 7) is 0. The fourth-order valence-electron chi connectivity index (χ4n) is 4.33. The van der Waals surface area contributed by atoms with E-state index in [1.54, 1.807) is 11.6 Å². The first kappa shape index (κ1) is 18.3. The maximum Gasteiger partial charge on any atom is 0.147 e. The van der Waals surface area contributed by atoms with Gasteiger partial charge in [0.05, 0.1) is 24.2 Å². The molecular formula is C20H19ClN4OS. The van der Waals surface area contributed by atoms with Crippen molar-refractivity contribution in [1.29, 1.82) is 5.26 Å². The van der Waals surface area contributed by atoms with Crippen molar-refractivity contribution in [3.05, 3.63) is 53.1 Å². The lowest BCUT2D eigenvalue weighted by Gasteiger charge is -2.41. The zero-order chi connectivity index (χ0) is 19.0. The van der Waals surface area contributed by atoms with Crippen LogP contribution in [0, 0.1) is 11.3 Å². The molecule has 5 nitrogen and oxygen atoms in total. The van der Waals surface area contributed by atoms with Crippen LogP contribution in [0.25, 0.3) is 0 Å². The van der Waals surface area contributed by atoms with E-state index in [4.69, 9.17) is 28.6 Å². The van der Waals surface area contributed by atoms with Gasteiger partial charge >= 0.3 is 0 Å². The van der Waals surface area contributed by atoms with Gasteiger partial charge in [0.2, 0.25) is 0 Å². The predicted molar refractivity (Wildman–Crippen MR) is 107 cm³/mol. The van der Waals surface area contributed by atoms with Crippen molar-refractivity contribution in [2.75, 3.05) is 7.05 Å². The standard InChI is InChI=1S/C20H19ClN4OS/c1-25-14-6-17(26-15-4-2-13(11-27)3-5-15)16(25)8-20(7-14,12-22)18-9-23-10-19(21)24-18/h2-5,9-11,14,16-17H,6-8H2,1H3. The zero-order valence-electron chi connectivity index (χ0n) is 14.9. The molecule has 27 heavy (non-hydrogen) atoms. The Morgan fingerprint density at radius 2 is 2.11 bits per heavy atom. The molecule has 4 unspecified atom stereocenters. The van der Waals surface area contributed by atoms with E-state index in [9.17, 15) is 5.26 Å². The van der Waals surface area contributed by atoms with Crippen LogP contribution >= 0.6 is 23.8 Å². The summed E-state index contributed by atoms with van der Waals surface area (Å²) in [7, 11) is 2.11. The highest BCUT2D eigenvalue weighted by atomic mass is 35.5. The van der Waals surface area contributed by atoms with Crippen LogP contribution in [0.3, 0.4) is 0 Å². The highest BCUT2D eigenvalue weighted by Gasteiger charge is 2.54. The monoisotopic (exact) mass is 398 g/mol. The van der Waals surface area contributed by atoms with Crippen molar-refractivity contribution in [3.63, 3.8) is 0 Å². The van der Waals surface area contributed by atoms with Crippen molar-refractivity contribution in [1.82, 2.24) is 14.9 Å². The van der Waals surface area contributed by atoms with Gasteiger partial charge in [-0.15, -0.1) is 0 Å². The third kappa shape index (κ3) is 3.31. The van der Waals surface area contributed by atoms with Crippen LogP contribution in [0.1, 0.15) is 30.5 Å². The number of ether oxygens (including phenoxy) is 1. The van der Waals surface area contributed by atoms with Gasteiger partial charge in [-0.2, -0.15) is 5.26 Å². The average molecular weight is 399 g/mol. The molecule has 2 saturated heterocycles. The van der Waals surface area contributed by atoms with Crippen LogP contribution in [0.5, 0.6) is 5.75 Å². The maximum absolute atomic E-state index is 10.0. The molecule has 3 heterocycles. The fraction of sp³-hybridized carbons (Fsp3) is 0.400. The van der Waals surface area contributed by atoms with Gasteiger partial charge in [0.1, 0.15) is 22.4 Å². The molecule has 0 saturated carbocycles. The Bertz CT molecular complexity index is 900. The van der Waals surface area contributed by atoms with E-state index >= 15 is 0 Å². The number of likely N-dealkylation sites (N-methyl/N-ethyl adjacent to an activating group) is 1. The Kier molecular flexibility index (Phi) is 4.85. The molecule has 2 aliphatic rings. The number of benzene rings is 1. The van der Waals surface area contributed by atoms with Gasteiger partial charge in [-0.05, 0) is 37.6 Å². The number of hydrogen-bond donors (Lipinski definition) is 0. The molecule has 0 N–H and O–H groups in total. The Morgan fingerprint density at radius 3 is 2.78 bits per heavy atom. The molecule has 0 amide bonds. The summed E-state index contributed by atoms with van der Waals surface area (Å²) < 4.78 is 6.30. The maximum atomic E-state index is 10.0. The number of fused-ring (bicyclic) bond motifs is 2. The van der Waals surface area contributed by atoms with E-state index < -0.39 is 5.41 Å². The molecule has 0 radical (unpaired) electrons. The number of thiocarbonyl (C=S) groups is 1. The van der Waals surface area contributed by atoms with E-state index in [0.29, 0.717) is 23.7 Å². The summed E-state index contributed by atoms with van der Waals surface area (Å²) >= 11 is 11.0. The lowest BCUT2D eigenvalue weighted by molar-refractivity contribution is 0.0911. The fourth-order valence-corrected chi connectivity index (χ4v) is 4.63. The first-order valence-electron chi connectivity index (χ1n) is 8.88. The van der Waals surface area contributed by atoms with Crippen molar-refractivity contribution >= 4 is 29.2 Å². The number of halogens is 1. The number of piperidine rings is 1. The average Bonchev–Trinajstić information content (AvgIpc) is 2.87. The first-order valence-corrected chi connectivity index (χ1v) is 9.73. The number of nitriles is 1. The summed E-state index contributed by atoms with van der Waals surface area (Å²) in [4.78, 5) is 10.9. The molecule has 4 rings (SSSR count). The third-order valence-electron chi connectivity index (χ3n) is 5.79. The van der Waals surface area contributed by atoms with E-state index in [0.717, 1.165) is 17.7 Å². The highest BCUT2D eigenvalue weighted by molar-refractivity contribution is 7.79. The normalized spacial score (nSPS) is 29.9. The molecular weight excluding hydrogens is 380 g/mol. The Hall–Kier alpha value is -2.07. The minimum atomic E-state index is -0.682. The van der Waals surface area contributed by atoms with Crippen molar-refractivity contribution in [2.24, 2.45) is 0 Å². The summed E-state index contributed by atoms with van der Waals surface area (Å²) in [5.41, 5.74) is 0.966. The van der Waals surface area contributed by atoms with Crippen molar-refractivity contribution in [3.8, 4) is 11.8 Å². The Labute approximate surface area is 168 Å². The lowest BCUT2D eigenvalue weighted by Crippen LogP contribution is -2.49. The van der Waals surface area contributed by atoms with Crippen LogP contribution in [0.15, 0.2) is 36.7 Å². The second-order valence-electron chi connectivity index (χ2n) is 7.29. The van der Waals surface area contributed by atoms with Gasteiger partial charge in [0.25, 0.3) is 0 Å². The van der Waals surface area contributed by atoms with Crippen LogP contribution in [-0.2, 0) is 5.41 Å². The summed E-state index contributed by atoms with van der Waals surface area (Å²) in [5, 5.41) is 12.0. The minimum absolute atomic E-state index is 0.0284. The van der Waals surface area contributed by atoms with Crippen LogP contribution < -0.4 is 4.74 Å². The van der Waals surface area contributed by atoms with E-state index in [1.807, 2.05) is 24.3 Å². The highest BCUT2D eigenvalue weighted by Crippen LogP contribution is 2.46. The van der Waals surface area contributed by atoms with Gasteiger partial charge in [0, 0.05) is 23.9 Å². The van der Waals surface area contributed by atoms with E-state index in [2.05, 4.69) is 28.0 Å². The van der Waals surface area contributed by atoms with Gasteiger partial charge in [-0.3, -0.25) is 9.88 Å². The quantitative estimate of drug-likeness (QED) is 0.734. The van der Waals surface area contributed by atoms with Crippen LogP contribution in [0.4, 0.5) is 0 Å². The molecule has 7 heteroatoms. The van der Waals surface area contributed by atoms with E-state index in [-0.39, 0.29) is 18.2 Å². The number of aromatic nitrogens is 2. The van der Waals surface area contributed by atoms with Crippen molar-refractivity contribution in [2.45, 2.75) is 42.9 Å². The molecule has 2 aromatic rings. The number of nitrogens with zero attached hydrogens (tertiary/aromatic N) is 4.